The molecule has 1 atom stereocenters. The van der Waals surface area contributed by atoms with Gasteiger partial charge in [-0.1, -0.05) is 0 Å². The number of carbonyl (C=O) groups excluding carboxylic acids is 2. The summed E-state index contributed by atoms with van der Waals surface area (Å²) in [7, 11) is 1.43. The summed E-state index contributed by atoms with van der Waals surface area (Å²) in [4.78, 5) is 23.0. The number of carbonyl (C=O) groups is 2. The van der Waals surface area contributed by atoms with Gasteiger partial charge in [0.2, 0.25) is 5.91 Å². The Morgan fingerprint density at radius 1 is 1.18 bits per heavy atom. The quantitative estimate of drug-likeness (QED) is 0.672. The molecule has 100 valence electrons. The molecule has 0 aromatic heterocycles. The molecule has 6 nitrogen and oxygen atoms in total. The van der Waals surface area contributed by atoms with Gasteiger partial charge in [0.1, 0.15) is 11.6 Å². The summed E-state index contributed by atoms with van der Waals surface area (Å²) in [5.74, 6) is -0.483. The van der Waals surface area contributed by atoms with Crippen LogP contribution in [0.4, 0.5) is 4.79 Å². The van der Waals surface area contributed by atoms with Crippen molar-refractivity contribution in [1.29, 1.82) is 0 Å². The van der Waals surface area contributed by atoms with Crippen LogP contribution in [0.15, 0.2) is 0 Å². The minimum atomic E-state index is -1.38. The van der Waals surface area contributed by atoms with Crippen molar-refractivity contribution >= 4 is 12.0 Å². The normalized spacial score (nSPS) is 13.8. The molecular formula is C11H22N2O4. The molecule has 0 fully saturated rings. The molecule has 6 heteroatoms. The molecule has 0 aromatic carbocycles. The first-order valence-electron chi connectivity index (χ1n) is 5.41. The summed E-state index contributed by atoms with van der Waals surface area (Å²) < 4.78 is 5.02. The first-order chi connectivity index (χ1) is 7.47. The van der Waals surface area contributed by atoms with Crippen molar-refractivity contribution in [2.24, 2.45) is 0 Å². The van der Waals surface area contributed by atoms with Gasteiger partial charge in [0, 0.05) is 7.05 Å². The SMILES string of the molecule is CNC(=O)[C@H](NC(=O)OC(C)(C)C)C(C)(C)O. The number of aliphatic hydroxyl groups is 1. The molecule has 0 aliphatic rings. The Labute approximate surface area is 102 Å². The molecule has 17 heavy (non-hydrogen) atoms. The summed E-state index contributed by atoms with van der Waals surface area (Å²) in [6, 6.07) is -1.07. The van der Waals surface area contributed by atoms with Crippen LogP contribution in [0.25, 0.3) is 0 Å². The van der Waals surface area contributed by atoms with E-state index in [-0.39, 0.29) is 0 Å². The summed E-state index contributed by atoms with van der Waals surface area (Å²) in [6.07, 6.45) is -0.742. The Bertz CT molecular complexity index is 289. The number of hydrogen-bond donors (Lipinski definition) is 3. The van der Waals surface area contributed by atoms with Gasteiger partial charge in [0.25, 0.3) is 0 Å². The molecule has 0 radical (unpaired) electrons. The highest BCUT2D eigenvalue weighted by atomic mass is 16.6. The Hall–Kier alpha value is -1.30. The molecule has 3 N–H and O–H groups in total. The van der Waals surface area contributed by atoms with Crippen molar-refractivity contribution in [2.75, 3.05) is 7.05 Å². The number of hydrogen-bond acceptors (Lipinski definition) is 4. The minimum Gasteiger partial charge on any atom is -0.444 e. The van der Waals surface area contributed by atoms with E-state index in [1.54, 1.807) is 20.8 Å². The number of nitrogens with one attached hydrogen (secondary N) is 2. The van der Waals surface area contributed by atoms with Gasteiger partial charge in [-0.3, -0.25) is 4.79 Å². The third-order valence-electron chi connectivity index (χ3n) is 1.88. The van der Waals surface area contributed by atoms with Gasteiger partial charge in [0.15, 0.2) is 0 Å². The predicted octanol–water partition coefficient (Wildman–Crippen LogP) is 0.397. The third kappa shape index (κ3) is 6.11. The van der Waals surface area contributed by atoms with E-state index in [4.69, 9.17) is 4.74 Å². The highest BCUT2D eigenvalue weighted by Crippen LogP contribution is 2.11. The zero-order valence-corrected chi connectivity index (χ0v) is 11.2. The van der Waals surface area contributed by atoms with Gasteiger partial charge in [-0.05, 0) is 34.6 Å². The van der Waals surface area contributed by atoms with Crippen molar-refractivity contribution in [3.8, 4) is 0 Å². The Kier molecular flexibility index (Phi) is 4.94. The highest BCUT2D eigenvalue weighted by molar-refractivity contribution is 5.86. The van der Waals surface area contributed by atoms with Crippen LogP contribution >= 0.6 is 0 Å². The lowest BCUT2D eigenvalue weighted by Crippen LogP contribution is -2.57. The van der Waals surface area contributed by atoms with Crippen molar-refractivity contribution in [1.82, 2.24) is 10.6 Å². The lowest BCUT2D eigenvalue weighted by atomic mass is 9.98. The van der Waals surface area contributed by atoms with E-state index in [2.05, 4.69) is 10.6 Å². The van der Waals surface area contributed by atoms with Crippen LogP contribution < -0.4 is 10.6 Å². The molecule has 0 aliphatic carbocycles. The topological polar surface area (TPSA) is 87.7 Å². The second-order valence-corrected chi connectivity index (χ2v) is 5.35. The summed E-state index contributed by atoms with van der Waals surface area (Å²) in [5.41, 5.74) is -2.03. The number of likely N-dealkylation sites (N-methyl/N-ethyl adjacent to an activating group) is 1. The number of ether oxygens (including phenoxy) is 1. The molecule has 0 rings (SSSR count). The molecule has 0 spiro atoms. The largest absolute Gasteiger partial charge is 0.444 e. The zero-order valence-electron chi connectivity index (χ0n) is 11.2. The van der Waals surface area contributed by atoms with Gasteiger partial charge in [-0.15, -0.1) is 0 Å². The van der Waals surface area contributed by atoms with Crippen molar-refractivity contribution in [3.05, 3.63) is 0 Å². The molecule has 0 saturated carbocycles. The van der Waals surface area contributed by atoms with E-state index in [1.165, 1.54) is 20.9 Å². The Balaban J connectivity index is 4.67. The van der Waals surface area contributed by atoms with E-state index >= 15 is 0 Å². The molecule has 0 saturated heterocycles. The molecule has 2 amide bonds. The maximum absolute atomic E-state index is 11.5. The molecule has 0 heterocycles. The second-order valence-electron chi connectivity index (χ2n) is 5.35. The Morgan fingerprint density at radius 2 is 1.65 bits per heavy atom. The van der Waals surface area contributed by atoms with Gasteiger partial charge in [-0.2, -0.15) is 0 Å². The summed E-state index contributed by atoms with van der Waals surface area (Å²) >= 11 is 0. The predicted molar refractivity (Wildman–Crippen MR) is 63.5 cm³/mol. The minimum absolute atomic E-state index is 0.483. The average Bonchev–Trinajstić information content (AvgIpc) is 2.08. The van der Waals surface area contributed by atoms with Crippen LogP contribution in [0.3, 0.4) is 0 Å². The lowest BCUT2D eigenvalue weighted by Gasteiger charge is -2.29. The van der Waals surface area contributed by atoms with E-state index in [0.717, 1.165) is 0 Å². The van der Waals surface area contributed by atoms with E-state index in [1.807, 2.05) is 0 Å². The van der Waals surface area contributed by atoms with Crippen molar-refractivity contribution in [2.45, 2.75) is 51.9 Å². The molecule has 0 unspecified atom stereocenters. The smallest absolute Gasteiger partial charge is 0.408 e. The molecule has 0 bridgehead atoms. The van der Waals surface area contributed by atoms with Crippen molar-refractivity contribution < 1.29 is 19.4 Å². The van der Waals surface area contributed by atoms with Gasteiger partial charge in [0.05, 0.1) is 5.60 Å². The number of alkyl carbamates (subject to hydrolysis) is 1. The molecule has 0 aromatic rings. The lowest BCUT2D eigenvalue weighted by molar-refractivity contribution is -0.128. The van der Waals surface area contributed by atoms with Crippen LogP contribution in [0.2, 0.25) is 0 Å². The van der Waals surface area contributed by atoms with Gasteiger partial charge >= 0.3 is 6.09 Å². The van der Waals surface area contributed by atoms with E-state index < -0.39 is 29.2 Å². The zero-order chi connectivity index (χ0) is 13.9. The number of rotatable bonds is 3. The van der Waals surface area contributed by atoms with Crippen LogP contribution in [-0.2, 0) is 9.53 Å². The van der Waals surface area contributed by atoms with Crippen LogP contribution in [0.5, 0.6) is 0 Å². The van der Waals surface area contributed by atoms with E-state index in [9.17, 15) is 14.7 Å². The van der Waals surface area contributed by atoms with Crippen LogP contribution in [0.1, 0.15) is 34.6 Å². The van der Waals surface area contributed by atoms with Crippen molar-refractivity contribution in [3.63, 3.8) is 0 Å². The van der Waals surface area contributed by atoms with Crippen LogP contribution in [0, 0.1) is 0 Å². The fourth-order valence-electron chi connectivity index (χ4n) is 1.13. The van der Waals surface area contributed by atoms with Gasteiger partial charge in [-0.25, -0.2) is 4.79 Å². The first-order valence-corrected chi connectivity index (χ1v) is 5.41. The molecule has 0 aliphatic heterocycles. The maximum Gasteiger partial charge on any atom is 0.408 e. The fraction of sp³-hybridized carbons (Fsp3) is 0.818. The average molecular weight is 246 g/mol. The monoisotopic (exact) mass is 246 g/mol. The molecular weight excluding hydrogens is 224 g/mol. The van der Waals surface area contributed by atoms with Crippen LogP contribution in [-0.4, -0.2) is 41.4 Å². The maximum atomic E-state index is 11.5. The Morgan fingerprint density at radius 3 is 1.94 bits per heavy atom. The second kappa shape index (κ2) is 5.35. The third-order valence-corrected chi connectivity index (χ3v) is 1.88. The van der Waals surface area contributed by atoms with Gasteiger partial charge < -0.3 is 20.5 Å². The number of amides is 2. The fourth-order valence-corrected chi connectivity index (χ4v) is 1.13. The summed E-state index contributed by atoms with van der Waals surface area (Å²) in [5, 5.41) is 14.5. The van der Waals surface area contributed by atoms with E-state index in [0.29, 0.717) is 0 Å². The summed E-state index contributed by atoms with van der Waals surface area (Å²) in [6.45, 7) is 8.01. The first kappa shape index (κ1) is 15.7. The highest BCUT2D eigenvalue weighted by Gasteiger charge is 2.35. The standard InChI is InChI=1S/C11H22N2O4/c1-10(2,3)17-9(15)13-7(8(14)12-6)11(4,5)16/h7,16H,1-6H3,(H,12,14)(H,13,15)/t7-/m0/s1.